The van der Waals surface area contributed by atoms with Crippen LogP contribution in [0.25, 0.3) is 0 Å². The summed E-state index contributed by atoms with van der Waals surface area (Å²) in [4.78, 5) is 11.2. The molecule has 2 aromatic rings. The molecule has 24 heavy (non-hydrogen) atoms. The molecule has 0 fully saturated rings. The fourth-order valence-corrected chi connectivity index (χ4v) is 2.87. The Hall–Kier alpha value is -2.32. The van der Waals surface area contributed by atoms with Gasteiger partial charge in [0.15, 0.2) is 11.6 Å². The smallest absolute Gasteiger partial charge is 0.307 e. The van der Waals surface area contributed by atoms with Crippen LogP contribution in [0, 0.1) is 11.6 Å². The number of ether oxygens (including phenoxy) is 1. The summed E-state index contributed by atoms with van der Waals surface area (Å²) in [5, 5.41) is 0. The van der Waals surface area contributed by atoms with Gasteiger partial charge in [-0.05, 0) is 23.8 Å². The summed E-state index contributed by atoms with van der Waals surface area (Å²) in [5.41, 5.74) is 0.813. The Morgan fingerprint density at radius 1 is 1.04 bits per heavy atom. The molecule has 0 spiro atoms. The van der Waals surface area contributed by atoms with Crippen LogP contribution in [0.5, 0.6) is 0 Å². The third-order valence-corrected chi connectivity index (χ3v) is 4.52. The molecule has 0 unspecified atom stereocenters. The Kier molecular flexibility index (Phi) is 5.99. The molecule has 0 saturated heterocycles. The fourth-order valence-electron chi connectivity index (χ4n) is 1.83. The van der Waals surface area contributed by atoms with Gasteiger partial charge >= 0.3 is 5.97 Å². The summed E-state index contributed by atoms with van der Waals surface area (Å²) < 4.78 is 56.8. The van der Waals surface area contributed by atoms with E-state index in [0.717, 1.165) is 17.7 Å². The molecule has 0 aromatic heterocycles. The molecule has 128 valence electrons. The molecule has 0 aliphatic rings. The van der Waals surface area contributed by atoms with Gasteiger partial charge in [0, 0.05) is 6.54 Å². The molecule has 2 rings (SSSR count). The first-order valence-corrected chi connectivity index (χ1v) is 8.51. The number of sulfonamides is 1. The van der Waals surface area contributed by atoms with E-state index in [4.69, 9.17) is 4.74 Å². The Morgan fingerprint density at radius 2 is 1.75 bits per heavy atom. The second-order valence-corrected chi connectivity index (χ2v) is 6.64. The van der Waals surface area contributed by atoms with Crippen molar-refractivity contribution >= 4 is 16.0 Å². The van der Waals surface area contributed by atoms with Crippen molar-refractivity contribution in [2.75, 3.05) is 6.54 Å². The molecule has 2 aromatic carbocycles. The van der Waals surface area contributed by atoms with E-state index in [1.54, 1.807) is 24.3 Å². The molecule has 1 N–H and O–H groups in total. The van der Waals surface area contributed by atoms with Crippen molar-refractivity contribution in [3.05, 3.63) is 65.7 Å². The van der Waals surface area contributed by atoms with E-state index in [-0.39, 0.29) is 19.6 Å². The van der Waals surface area contributed by atoms with Crippen molar-refractivity contribution in [1.82, 2.24) is 4.72 Å². The highest BCUT2D eigenvalue weighted by atomic mass is 32.2. The zero-order valence-corrected chi connectivity index (χ0v) is 13.4. The standard InChI is InChI=1S/C16H15F2NO4S/c17-14-7-6-13(10-15(14)18)24(21,22)19-9-8-16(20)23-11-12-4-2-1-3-5-12/h1-7,10,19H,8-9,11H2. The van der Waals surface area contributed by atoms with Crippen molar-refractivity contribution in [2.24, 2.45) is 0 Å². The van der Waals surface area contributed by atoms with Gasteiger partial charge in [0.2, 0.25) is 10.0 Å². The van der Waals surface area contributed by atoms with Crippen LogP contribution in [0.4, 0.5) is 8.78 Å². The van der Waals surface area contributed by atoms with E-state index < -0.39 is 32.5 Å². The molecule has 5 nitrogen and oxygen atoms in total. The largest absolute Gasteiger partial charge is 0.461 e. The van der Waals surface area contributed by atoms with Crippen molar-refractivity contribution < 1.29 is 26.7 Å². The number of halogens is 2. The molecular formula is C16H15F2NO4S. The molecule has 0 atom stereocenters. The second kappa shape index (κ2) is 7.98. The van der Waals surface area contributed by atoms with Gasteiger partial charge in [0.1, 0.15) is 6.61 Å². The highest BCUT2D eigenvalue weighted by molar-refractivity contribution is 7.89. The number of hydrogen-bond acceptors (Lipinski definition) is 4. The average Bonchev–Trinajstić information content (AvgIpc) is 2.56. The Balaban J connectivity index is 1.82. The van der Waals surface area contributed by atoms with Crippen LogP contribution in [0.15, 0.2) is 53.4 Å². The Bertz CT molecular complexity index is 810. The highest BCUT2D eigenvalue weighted by Crippen LogP contribution is 2.13. The van der Waals surface area contributed by atoms with Crippen LogP contribution in [0.1, 0.15) is 12.0 Å². The van der Waals surface area contributed by atoms with E-state index in [0.29, 0.717) is 6.07 Å². The summed E-state index contributed by atoms with van der Waals surface area (Å²) in [6.07, 6.45) is -0.185. The number of hydrogen-bond donors (Lipinski definition) is 1. The van der Waals surface area contributed by atoms with Crippen molar-refractivity contribution in [3.63, 3.8) is 0 Å². The minimum Gasteiger partial charge on any atom is -0.461 e. The average molecular weight is 355 g/mol. The summed E-state index contributed by atoms with van der Waals surface area (Å²) in [6.45, 7) is -0.120. The zero-order chi connectivity index (χ0) is 17.6. The Labute approximate surface area is 138 Å². The lowest BCUT2D eigenvalue weighted by Crippen LogP contribution is -2.27. The summed E-state index contributed by atoms with van der Waals surface area (Å²) in [6, 6.07) is 11.3. The van der Waals surface area contributed by atoms with Gasteiger partial charge in [-0.15, -0.1) is 0 Å². The van der Waals surface area contributed by atoms with Crippen LogP contribution in [0.2, 0.25) is 0 Å². The molecule has 0 radical (unpaired) electrons. The maximum atomic E-state index is 13.1. The predicted molar refractivity (Wildman–Crippen MR) is 82.4 cm³/mol. The van der Waals surface area contributed by atoms with Gasteiger partial charge in [-0.25, -0.2) is 21.9 Å². The summed E-state index contributed by atoms with van der Waals surface area (Å²) in [7, 11) is -4.03. The maximum absolute atomic E-state index is 13.1. The minimum atomic E-state index is -4.03. The lowest BCUT2D eigenvalue weighted by Gasteiger charge is -2.08. The maximum Gasteiger partial charge on any atom is 0.307 e. The van der Waals surface area contributed by atoms with E-state index in [2.05, 4.69) is 4.72 Å². The van der Waals surface area contributed by atoms with Crippen LogP contribution in [-0.2, 0) is 26.2 Å². The number of carbonyl (C=O) groups is 1. The second-order valence-electron chi connectivity index (χ2n) is 4.87. The number of esters is 1. The molecule has 0 heterocycles. The van der Waals surface area contributed by atoms with Crippen molar-refractivity contribution in [3.8, 4) is 0 Å². The molecule has 0 bridgehead atoms. The van der Waals surface area contributed by atoms with Gasteiger partial charge in [-0.1, -0.05) is 30.3 Å². The molecule has 0 saturated carbocycles. The van der Waals surface area contributed by atoms with E-state index in [9.17, 15) is 22.0 Å². The number of nitrogens with one attached hydrogen (secondary N) is 1. The summed E-state index contributed by atoms with van der Waals surface area (Å²) >= 11 is 0. The van der Waals surface area contributed by atoms with Gasteiger partial charge in [-0.2, -0.15) is 0 Å². The zero-order valence-electron chi connectivity index (χ0n) is 12.5. The van der Waals surface area contributed by atoms with Gasteiger partial charge in [0.05, 0.1) is 11.3 Å². The highest BCUT2D eigenvalue weighted by Gasteiger charge is 2.16. The summed E-state index contributed by atoms with van der Waals surface area (Å²) in [5.74, 6) is -2.98. The van der Waals surface area contributed by atoms with Crippen molar-refractivity contribution in [1.29, 1.82) is 0 Å². The first-order valence-electron chi connectivity index (χ1n) is 7.03. The van der Waals surface area contributed by atoms with E-state index in [1.807, 2.05) is 6.07 Å². The topological polar surface area (TPSA) is 72.5 Å². The van der Waals surface area contributed by atoms with Crippen LogP contribution >= 0.6 is 0 Å². The predicted octanol–water partition coefficient (Wildman–Crippen LogP) is 2.38. The first-order chi connectivity index (χ1) is 11.4. The lowest BCUT2D eigenvalue weighted by molar-refractivity contribution is -0.144. The third-order valence-electron chi connectivity index (χ3n) is 3.07. The van der Waals surface area contributed by atoms with E-state index in [1.165, 1.54) is 0 Å². The SMILES string of the molecule is O=C(CCNS(=O)(=O)c1ccc(F)c(F)c1)OCc1ccccc1. The monoisotopic (exact) mass is 355 g/mol. The molecule has 8 heteroatoms. The number of benzene rings is 2. The Morgan fingerprint density at radius 3 is 2.42 bits per heavy atom. The van der Waals surface area contributed by atoms with Gasteiger partial charge < -0.3 is 4.74 Å². The van der Waals surface area contributed by atoms with E-state index >= 15 is 0 Å². The van der Waals surface area contributed by atoms with Gasteiger partial charge in [-0.3, -0.25) is 4.79 Å². The molecule has 0 aliphatic heterocycles. The fraction of sp³-hybridized carbons (Fsp3) is 0.188. The number of rotatable bonds is 7. The molecule has 0 amide bonds. The quantitative estimate of drug-likeness (QED) is 0.774. The van der Waals surface area contributed by atoms with Crippen LogP contribution in [-0.4, -0.2) is 20.9 Å². The van der Waals surface area contributed by atoms with Crippen molar-refractivity contribution in [2.45, 2.75) is 17.9 Å². The molecule has 0 aliphatic carbocycles. The van der Waals surface area contributed by atoms with Crippen LogP contribution in [0.3, 0.4) is 0 Å². The molecular weight excluding hydrogens is 340 g/mol. The normalized spacial score (nSPS) is 11.2. The number of carbonyl (C=O) groups excluding carboxylic acids is 1. The van der Waals surface area contributed by atoms with Crippen LogP contribution < -0.4 is 4.72 Å². The first kappa shape index (κ1) is 18.0. The minimum absolute atomic E-state index is 0.0929. The third kappa shape index (κ3) is 5.10. The van der Waals surface area contributed by atoms with Gasteiger partial charge in [0.25, 0.3) is 0 Å². The lowest BCUT2D eigenvalue weighted by atomic mass is 10.2.